The van der Waals surface area contributed by atoms with E-state index in [0.717, 1.165) is 11.1 Å². The summed E-state index contributed by atoms with van der Waals surface area (Å²) in [6.07, 6.45) is -4.72. The predicted molar refractivity (Wildman–Crippen MR) is 99.2 cm³/mol. The summed E-state index contributed by atoms with van der Waals surface area (Å²) < 4.78 is 41.5. The number of carbonyl (C=O) groups excluding carboxylic acids is 1. The summed E-state index contributed by atoms with van der Waals surface area (Å²) >= 11 is 0. The Morgan fingerprint density at radius 1 is 1.14 bits per heavy atom. The van der Waals surface area contributed by atoms with Gasteiger partial charge in [-0.25, -0.2) is 15.0 Å². The maximum absolute atomic E-state index is 13.3. The van der Waals surface area contributed by atoms with Gasteiger partial charge in [0.2, 0.25) is 17.7 Å². The van der Waals surface area contributed by atoms with Crippen molar-refractivity contribution in [2.45, 2.75) is 26.6 Å². The second-order valence-electron chi connectivity index (χ2n) is 6.62. The number of aryl methyl sites for hydroxylation is 1. The molecule has 3 aromatic rings. The molecule has 3 rings (SSSR count). The summed E-state index contributed by atoms with van der Waals surface area (Å²) in [4.78, 5) is 24.7. The number of nitrogens with one attached hydrogen (secondary N) is 1. The molecule has 0 fully saturated rings. The van der Waals surface area contributed by atoms with E-state index in [4.69, 9.17) is 0 Å². The molecule has 0 unspecified atom stereocenters. The van der Waals surface area contributed by atoms with Crippen molar-refractivity contribution in [2.75, 3.05) is 24.3 Å². The minimum Gasteiger partial charge on any atom is -0.361 e. The fourth-order valence-corrected chi connectivity index (χ4v) is 2.70. The molecule has 0 radical (unpaired) electrons. The molecule has 2 heterocycles. The Bertz CT molecular complexity index is 1020. The van der Waals surface area contributed by atoms with Crippen molar-refractivity contribution < 1.29 is 18.0 Å². The minimum atomic E-state index is -4.72. The number of hydrogen-bond acceptors (Lipinski definition) is 5. The summed E-state index contributed by atoms with van der Waals surface area (Å²) in [6.45, 7) is 3.42. The first-order valence-corrected chi connectivity index (χ1v) is 8.42. The van der Waals surface area contributed by atoms with Crippen LogP contribution in [0, 0.1) is 6.92 Å². The summed E-state index contributed by atoms with van der Waals surface area (Å²) in [7, 11) is 3.14. The van der Waals surface area contributed by atoms with Crippen LogP contribution >= 0.6 is 0 Å². The summed E-state index contributed by atoms with van der Waals surface area (Å²) in [6, 6.07) is 7.51. The molecule has 2 aromatic heterocycles. The molecule has 0 bridgehead atoms. The highest BCUT2D eigenvalue weighted by atomic mass is 19.4. The Balaban J connectivity index is 2.26. The maximum atomic E-state index is 13.3. The van der Waals surface area contributed by atoms with Crippen LogP contribution in [0.2, 0.25) is 0 Å². The number of hydrogen-bond donors (Lipinski definition) is 1. The van der Waals surface area contributed by atoms with Crippen LogP contribution in [0.25, 0.3) is 11.2 Å². The van der Waals surface area contributed by atoms with Gasteiger partial charge in [-0.3, -0.25) is 14.7 Å². The van der Waals surface area contributed by atoms with E-state index in [2.05, 4.69) is 20.3 Å². The molecular weight excluding hydrogens is 373 g/mol. The number of fused-ring (bicyclic) bond motifs is 1. The molecule has 0 saturated heterocycles. The first-order valence-electron chi connectivity index (χ1n) is 8.42. The van der Waals surface area contributed by atoms with Gasteiger partial charge in [0.05, 0.1) is 6.54 Å². The number of rotatable bonds is 4. The zero-order valence-corrected chi connectivity index (χ0v) is 15.8. The van der Waals surface area contributed by atoms with Gasteiger partial charge in [-0.05, 0) is 12.5 Å². The number of aromatic nitrogens is 4. The van der Waals surface area contributed by atoms with Gasteiger partial charge in [-0.15, -0.1) is 0 Å². The van der Waals surface area contributed by atoms with E-state index >= 15 is 0 Å². The molecular formula is C18H19F3N6O. The summed E-state index contributed by atoms with van der Waals surface area (Å²) in [5.74, 6) is -1.52. The van der Waals surface area contributed by atoms with E-state index in [9.17, 15) is 18.0 Å². The zero-order chi connectivity index (χ0) is 20.6. The third kappa shape index (κ3) is 3.90. The number of carbonyl (C=O) groups is 1. The van der Waals surface area contributed by atoms with Crippen molar-refractivity contribution in [1.82, 2.24) is 19.5 Å². The average Bonchev–Trinajstić information content (AvgIpc) is 2.91. The molecule has 0 aliphatic rings. The van der Waals surface area contributed by atoms with Crippen molar-refractivity contribution in [3.05, 3.63) is 41.2 Å². The lowest BCUT2D eigenvalue weighted by Crippen LogP contribution is -2.18. The number of halogens is 3. The number of imidazole rings is 1. The second-order valence-corrected chi connectivity index (χ2v) is 6.62. The standard InChI is InChI=1S/C18H19F3N6O/c1-10-5-7-12(8-6-10)9-27-15-13(23-17(27)22-11(2)28)14(26(3)4)24-16(25-15)18(19,20)21/h5-8H,9H2,1-4H3,(H,22,23,28). The number of alkyl halides is 3. The van der Waals surface area contributed by atoms with E-state index < -0.39 is 17.9 Å². The van der Waals surface area contributed by atoms with Crippen LogP contribution in [0.15, 0.2) is 24.3 Å². The Kier molecular flexibility index (Phi) is 4.97. The predicted octanol–water partition coefficient (Wildman–Crippen LogP) is 3.23. The van der Waals surface area contributed by atoms with Gasteiger partial charge < -0.3 is 4.90 Å². The van der Waals surface area contributed by atoms with Crippen molar-refractivity contribution in [1.29, 1.82) is 0 Å². The Hall–Kier alpha value is -3.17. The number of nitrogens with zero attached hydrogens (tertiary/aromatic N) is 5. The minimum absolute atomic E-state index is 0.00431. The maximum Gasteiger partial charge on any atom is 0.451 e. The van der Waals surface area contributed by atoms with Crippen LogP contribution in [0.5, 0.6) is 0 Å². The second kappa shape index (κ2) is 7.10. The smallest absolute Gasteiger partial charge is 0.361 e. The van der Waals surface area contributed by atoms with Gasteiger partial charge in [0.1, 0.15) is 0 Å². The third-order valence-corrected chi connectivity index (χ3v) is 4.00. The van der Waals surface area contributed by atoms with E-state index in [1.807, 2.05) is 31.2 Å². The first kappa shape index (κ1) is 19.6. The number of benzene rings is 1. The van der Waals surface area contributed by atoms with Crippen molar-refractivity contribution in [2.24, 2.45) is 0 Å². The normalized spacial score (nSPS) is 11.7. The fourth-order valence-electron chi connectivity index (χ4n) is 2.70. The van der Waals surface area contributed by atoms with Crippen LogP contribution in [0.1, 0.15) is 23.9 Å². The highest BCUT2D eigenvalue weighted by Gasteiger charge is 2.37. The third-order valence-electron chi connectivity index (χ3n) is 4.00. The van der Waals surface area contributed by atoms with Gasteiger partial charge in [0.15, 0.2) is 17.0 Å². The molecule has 7 nitrogen and oxygen atoms in total. The molecule has 0 saturated carbocycles. The number of anilines is 2. The number of amides is 1. The van der Waals surface area contributed by atoms with Crippen molar-refractivity contribution >= 4 is 28.8 Å². The van der Waals surface area contributed by atoms with Crippen LogP contribution in [-0.4, -0.2) is 39.5 Å². The van der Waals surface area contributed by atoms with E-state index in [-0.39, 0.29) is 29.5 Å². The zero-order valence-electron chi connectivity index (χ0n) is 15.8. The van der Waals surface area contributed by atoms with Gasteiger partial charge in [-0.2, -0.15) is 13.2 Å². The SMILES string of the molecule is CC(=O)Nc1nc2c(N(C)C)nc(C(F)(F)F)nc2n1Cc1ccc(C)cc1. The Labute approximate surface area is 159 Å². The van der Waals surface area contributed by atoms with Crippen LogP contribution < -0.4 is 10.2 Å². The fraction of sp³-hybridized carbons (Fsp3) is 0.333. The first-order chi connectivity index (χ1) is 13.1. The van der Waals surface area contributed by atoms with Crippen LogP contribution in [0.3, 0.4) is 0 Å². The topological polar surface area (TPSA) is 75.9 Å². The van der Waals surface area contributed by atoms with Crippen molar-refractivity contribution in [3.63, 3.8) is 0 Å². The lowest BCUT2D eigenvalue weighted by atomic mass is 10.1. The Morgan fingerprint density at radius 3 is 2.32 bits per heavy atom. The molecule has 0 aliphatic carbocycles. The quantitative estimate of drug-likeness (QED) is 0.738. The van der Waals surface area contributed by atoms with E-state index in [1.165, 1.54) is 16.4 Å². The van der Waals surface area contributed by atoms with Crippen molar-refractivity contribution in [3.8, 4) is 0 Å². The highest BCUT2D eigenvalue weighted by molar-refractivity contribution is 5.92. The molecule has 1 N–H and O–H groups in total. The lowest BCUT2D eigenvalue weighted by molar-refractivity contribution is -0.144. The molecule has 10 heteroatoms. The van der Waals surface area contributed by atoms with E-state index in [1.54, 1.807) is 14.1 Å². The molecule has 1 aromatic carbocycles. The molecule has 148 valence electrons. The molecule has 1 amide bonds. The van der Waals surface area contributed by atoms with Gasteiger partial charge >= 0.3 is 6.18 Å². The van der Waals surface area contributed by atoms with E-state index in [0.29, 0.717) is 0 Å². The lowest BCUT2D eigenvalue weighted by Gasteiger charge is -2.14. The summed E-state index contributed by atoms with van der Waals surface area (Å²) in [5, 5.41) is 2.56. The van der Waals surface area contributed by atoms with Gasteiger partial charge in [0.25, 0.3) is 0 Å². The molecule has 0 aliphatic heterocycles. The van der Waals surface area contributed by atoms with Gasteiger partial charge in [0, 0.05) is 21.0 Å². The van der Waals surface area contributed by atoms with Crippen LogP contribution in [0.4, 0.5) is 24.9 Å². The largest absolute Gasteiger partial charge is 0.451 e. The molecule has 0 atom stereocenters. The highest BCUT2D eigenvalue weighted by Crippen LogP contribution is 2.32. The molecule has 0 spiro atoms. The molecule has 28 heavy (non-hydrogen) atoms. The monoisotopic (exact) mass is 392 g/mol. The van der Waals surface area contributed by atoms with Gasteiger partial charge in [-0.1, -0.05) is 29.8 Å². The Morgan fingerprint density at radius 2 is 1.79 bits per heavy atom. The van der Waals surface area contributed by atoms with Crippen LogP contribution in [-0.2, 0) is 17.5 Å². The average molecular weight is 392 g/mol. The summed E-state index contributed by atoms with van der Waals surface area (Å²) in [5.41, 5.74) is 2.05.